The molecule has 4 aliphatic rings. The summed E-state index contributed by atoms with van der Waals surface area (Å²) in [5, 5.41) is 15.2. The Morgan fingerprint density at radius 2 is 1.81 bits per heavy atom. The van der Waals surface area contributed by atoms with Gasteiger partial charge in [0.15, 0.2) is 5.78 Å². The number of aliphatic hydroxyl groups is 1. The van der Waals surface area contributed by atoms with Crippen LogP contribution < -0.4 is 0 Å². The maximum absolute atomic E-state index is 13.6. The molecule has 4 fully saturated rings. The van der Waals surface area contributed by atoms with E-state index in [2.05, 4.69) is 18.9 Å². The molecule has 0 spiro atoms. The van der Waals surface area contributed by atoms with Gasteiger partial charge in [0.2, 0.25) is 0 Å². The molecular formula is C27H42N2O2. The second-order valence-electron chi connectivity index (χ2n) is 12.6. The van der Waals surface area contributed by atoms with Gasteiger partial charge in [0.1, 0.15) is 6.04 Å². The van der Waals surface area contributed by atoms with Crippen LogP contribution in [0.4, 0.5) is 0 Å². The summed E-state index contributed by atoms with van der Waals surface area (Å²) >= 11 is 0. The Balaban J connectivity index is 1.37. The summed E-state index contributed by atoms with van der Waals surface area (Å²) in [5.74, 6) is 3.48. The minimum absolute atomic E-state index is 0.151. The average molecular weight is 427 g/mol. The summed E-state index contributed by atoms with van der Waals surface area (Å²) in [6.45, 7) is 11.1. The van der Waals surface area contributed by atoms with Gasteiger partial charge in [-0.3, -0.25) is 9.48 Å². The Kier molecular flexibility index (Phi) is 5.01. The van der Waals surface area contributed by atoms with E-state index in [-0.39, 0.29) is 17.4 Å². The van der Waals surface area contributed by atoms with Gasteiger partial charge in [-0.25, -0.2) is 0 Å². The van der Waals surface area contributed by atoms with Crippen molar-refractivity contribution in [2.75, 3.05) is 0 Å². The number of Topliss-reactive ketones (excluding diaryl/α,β-unsaturated/α-hetero) is 1. The molecule has 0 bridgehead atoms. The van der Waals surface area contributed by atoms with Gasteiger partial charge in [0, 0.05) is 12.1 Å². The lowest BCUT2D eigenvalue weighted by Crippen LogP contribution is -2.55. The molecule has 1 N–H and O–H groups in total. The molecular weight excluding hydrogens is 384 g/mol. The minimum atomic E-state index is -0.466. The number of rotatable bonds is 3. The monoisotopic (exact) mass is 426 g/mol. The molecule has 1 aromatic heterocycles. The first-order valence-corrected chi connectivity index (χ1v) is 12.8. The molecule has 0 amide bonds. The van der Waals surface area contributed by atoms with E-state index in [0.717, 1.165) is 36.7 Å². The fourth-order valence-corrected chi connectivity index (χ4v) is 8.96. The fraction of sp³-hybridized carbons (Fsp3) is 0.852. The molecule has 4 saturated carbocycles. The lowest BCUT2D eigenvalue weighted by molar-refractivity contribution is -0.151. The van der Waals surface area contributed by atoms with Crippen molar-refractivity contribution in [1.29, 1.82) is 0 Å². The van der Waals surface area contributed by atoms with Crippen molar-refractivity contribution in [2.24, 2.45) is 40.4 Å². The summed E-state index contributed by atoms with van der Waals surface area (Å²) in [7, 11) is 0. The van der Waals surface area contributed by atoms with Crippen molar-refractivity contribution in [1.82, 2.24) is 9.78 Å². The van der Waals surface area contributed by atoms with E-state index in [1.807, 2.05) is 37.8 Å². The van der Waals surface area contributed by atoms with Crippen molar-refractivity contribution < 1.29 is 9.90 Å². The maximum Gasteiger partial charge on any atom is 0.160 e. The molecule has 172 valence electrons. The first-order valence-electron chi connectivity index (χ1n) is 12.8. The van der Waals surface area contributed by atoms with E-state index in [0.29, 0.717) is 23.0 Å². The highest BCUT2D eigenvalue weighted by Crippen LogP contribution is 2.68. The number of carbonyl (C=O) groups is 1. The number of fused-ring (bicyclic) bond motifs is 5. The predicted molar refractivity (Wildman–Crippen MR) is 123 cm³/mol. The molecule has 4 nitrogen and oxygen atoms in total. The smallest absolute Gasteiger partial charge is 0.160 e. The Labute approximate surface area is 188 Å². The number of aryl methyl sites for hydroxylation is 1. The highest BCUT2D eigenvalue weighted by Gasteiger charge is 2.62. The van der Waals surface area contributed by atoms with Crippen LogP contribution in [0.2, 0.25) is 0 Å². The summed E-state index contributed by atoms with van der Waals surface area (Å²) in [6, 6.07) is -0.166. The number of ketones is 1. The molecule has 0 aliphatic heterocycles. The predicted octanol–water partition coefficient (Wildman–Crippen LogP) is 5.73. The Bertz CT molecular complexity index is 859. The van der Waals surface area contributed by atoms with Crippen LogP contribution in [0.5, 0.6) is 0 Å². The quantitative estimate of drug-likeness (QED) is 0.671. The van der Waals surface area contributed by atoms with Crippen molar-refractivity contribution in [3.8, 4) is 0 Å². The van der Waals surface area contributed by atoms with Gasteiger partial charge in [-0.2, -0.15) is 5.10 Å². The molecule has 5 rings (SSSR count). The Morgan fingerprint density at radius 3 is 2.52 bits per heavy atom. The highest BCUT2D eigenvalue weighted by atomic mass is 16.3. The number of nitrogens with zero attached hydrogens (tertiary/aromatic N) is 2. The minimum Gasteiger partial charge on any atom is -0.390 e. The van der Waals surface area contributed by atoms with Gasteiger partial charge in [0.05, 0.1) is 11.8 Å². The lowest BCUT2D eigenvalue weighted by atomic mass is 9.44. The zero-order valence-corrected chi connectivity index (χ0v) is 20.2. The summed E-state index contributed by atoms with van der Waals surface area (Å²) in [4.78, 5) is 13.6. The normalized spacial score (nSPS) is 47.9. The molecule has 0 unspecified atom stereocenters. The van der Waals surface area contributed by atoms with Gasteiger partial charge < -0.3 is 5.11 Å². The summed E-state index contributed by atoms with van der Waals surface area (Å²) in [6.07, 6.45) is 14.3. The Morgan fingerprint density at radius 1 is 1.06 bits per heavy atom. The van der Waals surface area contributed by atoms with Gasteiger partial charge in [-0.15, -0.1) is 0 Å². The van der Waals surface area contributed by atoms with Crippen LogP contribution in [0.3, 0.4) is 0 Å². The molecule has 1 heterocycles. The van der Waals surface area contributed by atoms with Crippen LogP contribution >= 0.6 is 0 Å². The number of aromatic nitrogens is 2. The van der Waals surface area contributed by atoms with Crippen molar-refractivity contribution >= 4 is 5.78 Å². The topological polar surface area (TPSA) is 55.1 Å². The van der Waals surface area contributed by atoms with Gasteiger partial charge in [-0.05, 0) is 119 Å². The van der Waals surface area contributed by atoms with Gasteiger partial charge in [0.25, 0.3) is 0 Å². The Hall–Kier alpha value is -1.16. The first kappa shape index (κ1) is 21.7. The molecule has 4 aliphatic carbocycles. The molecule has 31 heavy (non-hydrogen) atoms. The lowest BCUT2D eigenvalue weighted by Gasteiger charge is -2.61. The van der Waals surface area contributed by atoms with Crippen LogP contribution in [0.1, 0.15) is 97.1 Å². The van der Waals surface area contributed by atoms with E-state index in [1.165, 1.54) is 38.5 Å². The van der Waals surface area contributed by atoms with Gasteiger partial charge in [-0.1, -0.05) is 13.8 Å². The molecule has 9 atom stereocenters. The second kappa shape index (κ2) is 7.17. The van der Waals surface area contributed by atoms with Crippen molar-refractivity contribution in [3.05, 3.63) is 18.0 Å². The van der Waals surface area contributed by atoms with Crippen LogP contribution in [-0.2, 0) is 4.79 Å². The third-order valence-electron chi connectivity index (χ3n) is 10.8. The zero-order chi connectivity index (χ0) is 22.2. The maximum atomic E-state index is 13.6. The van der Waals surface area contributed by atoms with Crippen molar-refractivity contribution in [2.45, 2.75) is 104 Å². The van der Waals surface area contributed by atoms with E-state index >= 15 is 0 Å². The highest BCUT2D eigenvalue weighted by molar-refractivity contribution is 5.85. The van der Waals surface area contributed by atoms with E-state index < -0.39 is 5.60 Å². The standard InChI is InChI=1S/C27H42N2O2/c1-17-15-28-29(16-17)18(2)24(30)23-9-8-21-20-7-6-19-14-25(3,31)12-13-26(19,4)22(20)10-11-27(21,23)5/h15-16,18-23,31H,6-14H2,1-5H3/t18-,19+,20+,21+,22+,23-,25-,26+,27+/m1/s1. The SMILES string of the molecule is Cc1cnn([C@H](C)C(=O)[C@H]2CC[C@H]3[C@@H]4CC[C@H]5C[C@](C)(O)CC[C@]5(C)[C@H]4CC[C@]23C)c1. The van der Waals surface area contributed by atoms with Gasteiger partial charge >= 0.3 is 0 Å². The van der Waals surface area contributed by atoms with Crippen LogP contribution in [0.15, 0.2) is 12.4 Å². The number of hydrogen-bond donors (Lipinski definition) is 1. The van der Waals surface area contributed by atoms with E-state index in [9.17, 15) is 9.90 Å². The molecule has 0 saturated heterocycles. The average Bonchev–Trinajstić information content (AvgIpc) is 3.30. The molecule has 4 heteroatoms. The van der Waals surface area contributed by atoms with Crippen LogP contribution in [0.25, 0.3) is 0 Å². The fourth-order valence-electron chi connectivity index (χ4n) is 8.96. The molecule has 1 aromatic rings. The van der Waals surface area contributed by atoms with E-state index in [4.69, 9.17) is 0 Å². The van der Waals surface area contributed by atoms with Crippen LogP contribution in [0, 0.1) is 47.3 Å². The second-order valence-corrected chi connectivity index (χ2v) is 12.6. The molecule has 0 aromatic carbocycles. The summed E-state index contributed by atoms with van der Waals surface area (Å²) < 4.78 is 1.88. The number of hydrogen-bond acceptors (Lipinski definition) is 3. The zero-order valence-electron chi connectivity index (χ0n) is 20.2. The van der Waals surface area contributed by atoms with E-state index in [1.54, 1.807) is 0 Å². The molecule has 0 radical (unpaired) electrons. The largest absolute Gasteiger partial charge is 0.390 e. The third-order valence-corrected chi connectivity index (χ3v) is 10.8. The first-order chi connectivity index (χ1) is 14.6. The van der Waals surface area contributed by atoms with Crippen molar-refractivity contribution in [3.63, 3.8) is 0 Å². The third kappa shape index (κ3) is 3.26. The number of carbonyl (C=O) groups excluding carboxylic acids is 1. The van der Waals surface area contributed by atoms with Crippen LogP contribution in [-0.4, -0.2) is 26.3 Å². The summed E-state index contributed by atoms with van der Waals surface area (Å²) in [5.41, 5.74) is 1.19.